The fourth-order valence-corrected chi connectivity index (χ4v) is 3.44. The topological polar surface area (TPSA) is 158 Å². The second-order valence-electron chi connectivity index (χ2n) is 6.00. The van der Waals surface area contributed by atoms with Gasteiger partial charge in [0.25, 0.3) is 0 Å². The van der Waals surface area contributed by atoms with Crippen LogP contribution in [0.15, 0.2) is 17.1 Å². The molecule has 1 unspecified atom stereocenters. The molecule has 0 spiro atoms. The highest BCUT2D eigenvalue weighted by Crippen LogP contribution is 2.50. The summed E-state index contributed by atoms with van der Waals surface area (Å²) in [7, 11) is -3.54. The highest BCUT2D eigenvalue weighted by molar-refractivity contribution is 7.53. The summed E-state index contributed by atoms with van der Waals surface area (Å²) in [6.45, 7) is 3.16. The molecule has 12 heteroatoms. The summed E-state index contributed by atoms with van der Waals surface area (Å²) in [5.74, 6) is -0.532. The standard InChI is InChI=1S/C14H23N4O7P/c1-9(2)25-13(19)11(15)7-24-26(21)8-22-10(6-23-26)5-18-4-3-12(16)17-14(18)20/h3-4,9-11H,5-8,15H2,1-2H3,(H2,16,17,20)/t10-,11-,26?/m0/s1. The maximum absolute atomic E-state index is 12.4. The highest BCUT2D eigenvalue weighted by atomic mass is 31.2. The summed E-state index contributed by atoms with van der Waals surface area (Å²) < 4.78 is 34.5. The van der Waals surface area contributed by atoms with Gasteiger partial charge in [-0.25, -0.2) is 4.79 Å². The van der Waals surface area contributed by atoms with Gasteiger partial charge in [0.2, 0.25) is 0 Å². The molecule has 0 aromatic carbocycles. The van der Waals surface area contributed by atoms with Crippen LogP contribution < -0.4 is 17.2 Å². The lowest BCUT2D eigenvalue weighted by molar-refractivity contribution is -0.149. The summed E-state index contributed by atoms with van der Waals surface area (Å²) >= 11 is 0. The van der Waals surface area contributed by atoms with Crippen molar-refractivity contribution in [1.29, 1.82) is 0 Å². The molecule has 1 aliphatic rings. The lowest BCUT2D eigenvalue weighted by Gasteiger charge is -2.29. The van der Waals surface area contributed by atoms with E-state index in [1.165, 1.54) is 16.8 Å². The van der Waals surface area contributed by atoms with Gasteiger partial charge >= 0.3 is 19.3 Å². The van der Waals surface area contributed by atoms with Crippen molar-refractivity contribution in [3.63, 3.8) is 0 Å². The number of rotatable bonds is 7. The number of aromatic nitrogens is 2. The number of hydrogen-bond donors (Lipinski definition) is 2. The van der Waals surface area contributed by atoms with Crippen molar-refractivity contribution >= 4 is 19.4 Å². The molecule has 0 aliphatic carbocycles. The van der Waals surface area contributed by atoms with Crippen LogP contribution in [-0.2, 0) is 34.4 Å². The van der Waals surface area contributed by atoms with Crippen molar-refractivity contribution in [2.24, 2.45) is 5.73 Å². The Kier molecular flexibility index (Phi) is 6.90. The maximum atomic E-state index is 12.4. The van der Waals surface area contributed by atoms with E-state index in [2.05, 4.69) is 4.98 Å². The van der Waals surface area contributed by atoms with Crippen LogP contribution in [0.4, 0.5) is 5.82 Å². The fraction of sp³-hybridized carbons (Fsp3) is 0.643. The SMILES string of the molecule is CC(C)OC(=O)[C@@H](N)COP1(=O)CO[C@@H](Cn2ccc(N)nc2=O)CO1. The van der Waals surface area contributed by atoms with Crippen molar-refractivity contribution in [3.05, 3.63) is 22.7 Å². The van der Waals surface area contributed by atoms with Gasteiger partial charge in [-0.05, 0) is 19.9 Å². The Morgan fingerprint density at radius 2 is 2.27 bits per heavy atom. The average Bonchev–Trinajstić information content (AvgIpc) is 2.57. The molecular weight excluding hydrogens is 367 g/mol. The van der Waals surface area contributed by atoms with Gasteiger partial charge in [-0.2, -0.15) is 4.98 Å². The molecule has 0 saturated carbocycles. The average molecular weight is 390 g/mol. The molecule has 2 rings (SSSR count). The van der Waals surface area contributed by atoms with Crippen LogP contribution in [-0.4, -0.2) is 53.3 Å². The van der Waals surface area contributed by atoms with Crippen molar-refractivity contribution in [1.82, 2.24) is 9.55 Å². The highest BCUT2D eigenvalue weighted by Gasteiger charge is 2.34. The molecule has 0 radical (unpaired) electrons. The van der Waals surface area contributed by atoms with E-state index in [0.29, 0.717) is 0 Å². The first-order valence-corrected chi connectivity index (χ1v) is 9.70. The van der Waals surface area contributed by atoms with Crippen LogP contribution in [0.1, 0.15) is 13.8 Å². The van der Waals surface area contributed by atoms with E-state index < -0.39 is 31.4 Å². The van der Waals surface area contributed by atoms with Gasteiger partial charge in [-0.3, -0.25) is 13.9 Å². The maximum Gasteiger partial charge on any atom is 0.356 e. The number of hydrogen-bond acceptors (Lipinski definition) is 10. The van der Waals surface area contributed by atoms with E-state index >= 15 is 0 Å². The predicted octanol–water partition coefficient (Wildman–Crippen LogP) is -0.313. The molecule has 4 N–H and O–H groups in total. The van der Waals surface area contributed by atoms with Crippen LogP contribution in [0, 0.1) is 0 Å². The summed E-state index contributed by atoms with van der Waals surface area (Å²) in [4.78, 5) is 26.9. The van der Waals surface area contributed by atoms with Crippen LogP contribution in [0.3, 0.4) is 0 Å². The smallest absolute Gasteiger partial charge is 0.356 e. The molecular formula is C14H23N4O7P. The lowest BCUT2D eigenvalue weighted by Crippen LogP contribution is -2.39. The van der Waals surface area contributed by atoms with Gasteiger partial charge in [-0.1, -0.05) is 0 Å². The van der Waals surface area contributed by atoms with Crippen molar-refractivity contribution < 1.29 is 27.9 Å². The molecule has 11 nitrogen and oxygen atoms in total. The minimum absolute atomic E-state index is 0.0558. The lowest BCUT2D eigenvalue weighted by atomic mass is 10.3. The van der Waals surface area contributed by atoms with Crippen LogP contribution in [0.25, 0.3) is 0 Å². The monoisotopic (exact) mass is 390 g/mol. The molecule has 3 atom stereocenters. The second kappa shape index (κ2) is 8.74. The molecule has 1 saturated heterocycles. The zero-order valence-electron chi connectivity index (χ0n) is 14.6. The molecule has 1 aromatic rings. The van der Waals surface area contributed by atoms with E-state index in [4.69, 9.17) is 30.0 Å². The number of nitrogens with two attached hydrogens (primary N) is 2. The quantitative estimate of drug-likeness (QED) is 0.467. The van der Waals surface area contributed by atoms with Gasteiger partial charge < -0.3 is 30.0 Å². The Hall–Kier alpha value is -1.78. The minimum Gasteiger partial charge on any atom is -0.462 e. The molecule has 1 fully saturated rings. The largest absolute Gasteiger partial charge is 0.462 e. The first kappa shape index (κ1) is 20.5. The summed E-state index contributed by atoms with van der Waals surface area (Å²) in [6.07, 6.45) is 0.341. The molecule has 26 heavy (non-hydrogen) atoms. The molecule has 146 valence electrons. The Morgan fingerprint density at radius 3 is 2.85 bits per heavy atom. The summed E-state index contributed by atoms with van der Waals surface area (Å²) in [6, 6.07) is 0.403. The Bertz CT molecular complexity index is 726. The zero-order valence-corrected chi connectivity index (χ0v) is 15.5. The Labute approximate surface area is 150 Å². The van der Waals surface area contributed by atoms with Gasteiger partial charge in [0.15, 0.2) is 0 Å². The van der Waals surface area contributed by atoms with E-state index in [1.54, 1.807) is 13.8 Å². The zero-order chi connectivity index (χ0) is 19.3. The normalized spacial score (nSPS) is 24.4. The van der Waals surface area contributed by atoms with Crippen molar-refractivity contribution in [3.8, 4) is 0 Å². The Morgan fingerprint density at radius 1 is 1.54 bits per heavy atom. The van der Waals surface area contributed by atoms with Crippen LogP contribution >= 0.6 is 7.60 Å². The molecule has 1 aromatic heterocycles. The molecule has 0 amide bonds. The Balaban J connectivity index is 1.82. The van der Waals surface area contributed by atoms with Crippen LogP contribution in [0.2, 0.25) is 0 Å². The second-order valence-corrected chi connectivity index (χ2v) is 8.00. The molecule has 2 heterocycles. The van der Waals surface area contributed by atoms with Gasteiger partial charge in [-0.15, -0.1) is 0 Å². The third-order valence-electron chi connectivity index (χ3n) is 3.33. The summed E-state index contributed by atoms with van der Waals surface area (Å²) in [5.41, 5.74) is 10.5. The fourth-order valence-electron chi connectivity index (χ4n) is 2.04. The van der Waals surface area contributed by atoms with Gasteiger partial charge in [0.1, 0.15) is 24.3 Å². The van der Waals surface area contributed by atoms with Gasteiger partial charge in [0.05, 0.1) is 25.9 Å². The van der Waals surface area contributed by atoms with E-state index in [1.807, 2.05) is 0 Å². The van der Waals surface area contributed by atoms with E-state index in [-0.39, 0.29) is 38.0 Å². The number of esters is 1. The van der Waals surface area contributed by atoms with Crippen molar-refractivity contribution in [2.75, 3.05) is 25.3 Å². The third-order valence-corrected chi connectivity index (χ3v) is 4.88. The van der Waals surface area contributed by atoms with E-state index in [9.17, 15) is 14.2 Å². The first-order chi connectivity index (χ1) is 12.2. The van der Waals surface area contributed by atoms with E-state index in [0.717, 1.165) is 0 Å². The summed E-state index contributed by atoms with van der Waals surface area (Å²) in [5, 5.41) is 0. The number of nitrogen functional groups attached to an aromatic ring is 1. The molecule has 0 bridgehead atoms. The van der Waals surface area contributed by atoms with Crippen molar-refractivity contribution in [2.45, 2.75) is 38.6 Å². The first-order valence-electron chi connectivity index (χ1n) is 7.97. The van der Waals surface area contributed by atoms with Gasteiger partial charge in [0, 0.05) is 6.20 Å². The third kappa shape index (κ3) is 5.89. The van der Waals surface area contributed by atoms with Crippen LogP contribution in [0.5, 0.6) is 0 Å². The number of carbonyl (C=O) groups excluding carboxylic acids is 1. The molecule has 1 aliphatic heterocycles. The predicted molar refractivity (Wildman–Crippen MR) is 91.4 cm³/mol. The minimum atomic E-state index is -3.54. The number of carbonyl (C=O) groups is 1. The number of ether oxygens (including phenoxy) is 2. The number of anilines is 1. The number of nitrogens with zero attached hydrogens (tertiary/aromatic N) is 2.